The molecular weight excluding hydrogens is 614 g/mol. The number of aliphatic hydroxyl groups is 1. The zero-order valence-corrected chi connectivity index (χ0v) is 27.2. The summed E-state index contributed by atoms with van der Waals surface area (Å²) < 4.78 is 40.3. The number of amides is 1. The number of carbonyl (C=O) groups is 1. The van der Waals surface area contributed by atoms with Crippen LogP contribution in [-0.4, -0.2) is 72.5 Å². The zero-order valence-electron chi connectivity index (χ0n) is 26.4. The molecule has 2 unspecified atom stereocenters. The number of aliphatic hydroxyl groups excluding tert-OH is 1. The lowest BCUT2D eigenvalue weighted by molar-refractivity contribution is -0.385. The van der Waals surface area contributed by atoms with Crippen LogP contribution in [0.5, 0.6) is 5.75 Å². The highest BCUT2D eigenvalue weighted by Gasteiger charge is 2.32. The first-order valence-electron chi connectivity index (χ1n) is 14.8. The summed E-state index contributed by atoms with van der Waals surface area (Å²) in [6.07, 6.45) is -1.08. The first-order chi connectivity index (χ1) is 21.8. The molecule has 3 N–H and O–H groups in total. The van der Waals surface area contributed by atoms with Gasteiger partial charge in [0.1, 0.15) is 11.3 Å². The maximum absolute atomic E-state index is 13.9. The Morgan fingerprint density at radius 3 is 2.37 bits per heavy atom. The molecule has 0 saturated carbocycles. The van der Waals surface area contributed by atoms with Crippen LogP contribution < -0.4 is 15.4 Å². The SMILES string of the molecule is CNc1nc2ccc(S(=O)(=O)N(CC(C)C)CC(O)C(Cc3ccccc3)NC(=O)COc3c(C)cc([N+](=O)[O-])cc3C)cc2o1. The average molecular weight is 654 g/mol. The molecule has 0 aliphatic carbocycles. The molecule has 1 aromatic heterocycles. The van der Waals surface area contributed by atoms with E-state index in [1.807, 2.05) is 44.2 Å². The fourth-order valence-electron chi connectivity index (χ4n) is 5.13. The van der Waals surface area contributed by atoms with Gasteiger partial charge in [0.15, 0.2) is 12.2 Å². The Kier molecular flexibility index (Phi) is 11.0. The number of hydrogen-bond acceptors (Lipinski definition) is 10. The Morgan fingerprint density at radius 1 is 1.09 bits per heavy atom. The Morgan fingerprint density at radius 2 is 1.76 bits per heavy atom. The predicted octanol–water partition coefficient (Wildman–Crippen LogP) is 4.21. The molecule has 0 spiro atoms. The van der Waals surface area contributed by atoms with E-state index in [1.54, 1.807) is 27.0 Å². The highest BCUT2D eigenvalue weighted by molar-refractivity contribution is 7.89. The Bertz CT molecular complexity index is 1770. The number of rotatable bonds is 15. The van der Waals surface area contributed by atoms with Crippen LogP contribution in [-0.2, 0) is 21.2 Å². The molecule has 0 aliphatic rings. The summed E-state index contributed by atoms with van der Waals surface area (Å²) >= 11 is 0. The monoisotopic (exact) mass is 653 g/mol. The van der Waals surface area contributed by atoms with E-state index in [2.05, 4.69) is 15.6 Å². The van der Waals surface area contributed by atoms with E-state index in [0.717, 1.165) is 5.56 Å². The molecule has 0 aliphatic heterocycles. The number of benzene rings is 3. The minimum atomic E-state index is -4.10. The van der Waals surface area contributed by atoms with Crippen molar-refractivity contribution in [3.05, 3.63) is 87.5 Å². The number of hydrogen-bond donors (Lipinski definition) is 3. The second-order valence-corrected chi connectivity index (χ2v) is 13.4. The van der Waals surface area contributed by atoms with Gasteiger partial charge in [0.05, 0.1) is 22.0 Å². The van der Waals surface area contributed by atoms with E-state index in [0.29, 0.717) is 28.0 Å². The number of aromatic nitrogens is 1. The maximum atomic E-state index is 13.9. The van der Waals surface area contributed by atoms with Crippen LogP contribution in [0.4, 0.5) is 11.7 Å². The van der Waals surface area contributed by atoms with Gasteiger partial charge >= 0.3 is 0 Å². The summed E-state index contributed by atoms with van der Waals surface area (Å²) in [5.41, 5.74) is 2.53. The van der Waals surface area contributed by atoms with E-state index in [4.69, 9.17) is 9.15 Å². The van der Waals surface area contributed by atoms with Gasteiger partial charge in [-0.15, -0.1) is 0 Å². The number of sulfonamides is 1. The zero-order chi connectivity index (χ0) is 33.6. The average Bonchev–Trinajstić information content (AvgIpc) is 3.43. The number of oxazole rings is 1. The molecule has 0 radical (unpaired) electrons. The van der Waals surface area contributed by atoms with Crippen molar-refractivity contribution < 1.29 is 32.4 Å². The number of fused-ring (bicyclic) bond motifs is 1. The Hall–Kier alpha value is -4.53. The van der Waals surface area contributed by atoms with Gasteiger partial charge in [0.25, 0.3) is 17.6 Å². The minimum Gasteiger partial charge on any atom is -0.483 e. The number of ether oxygens (including phenoxy) is 1. The van der Waals surface area contributed by atoms with Crippen molar-refractivity contribution in [1.29, 1.82) is 0 Å². The van der Waals surface area contributed by atoms with Crippen molar-refractivity contribution in [3.8, 4) is 5.75 Å². The van der Waals surface area contributed by atoms with Crippen molar-refractivity contribution in [1.82, 2.24) is 14.6 Å². The van der Waals surface area contributed by atoms with Crippen molar-refractivity contribution >= 4 is 38.7 Å². The minimum absolute atomic E-state index is 0.0162. The topological polar surface area (TPSA) is 177 Å². The standard InChI is InChI=1S/C32H39N5O8S/c1-20(2)17-36(46(42,43)25-11-12-26-29(16-25)45-32(33-5)35-26)18-28(38)27(15-23-9-7-6-8-10-23)34-30(39)19-44-31-21(3)13-24(37(40)41)14-22(31)4/h6-14,16,20,27-28,38H,15,17-19H2,1-5H3,(H,33,35)(H,34,39). The van der Waals surface area contributed by atoms with Crippen LogP contribution in [0.15, 0.2) is 70.0 Å². The number of carbonyl (C=O) groups excluding carboxylic acids is 1. The van der Waals surface area contributed by atoms with Gasteiger partial charge in [0, 0.05) is 38.3 Å². The van der Waals surface area contributed by atoms with Crippen LogP contribution in [0.2, 0.25) is 0 Å². The molecule has 246 valence electrons. The molecule has 46 heavy (non-hydrogen) atoms. The molecule has 4 aromatic rings. The molecule has 3 aromatic carbocycles. The van der Waals surface area contributed by atoms with Crippen molar-refractivity contribution in [3.63, 3.8) is 0 Å². The largest absolute Gasteiger partial charge is 0.483 e. The van der Waals surface area contributed by atoms with Gasteiger partial charge in [-0.25, -0.2) is 8.42 Å². The molecule has 1 heterocycles. The number of nitrogens with one attached hydrogen (secondary N) is 2. The van der Waals surface area contributed by atoms with Crippen molar-refractivity contribution in [2.45, 2.75) is 51.2 Å². The first kappa shape index (κ1) is 34.3. The molecule has 2 atom stereocenters. The normalized spacial score (nSPS) is 13.1. The second kappa shape index (κ2) is 14.7. The quantitative estimate of drug-likeness (QED) is 0.124. The lowest BCUT2D eigenvalue weighted by atomic mass is 10.0. The van der Waals surface area contributed by atoms with Crippen molar-refractivity contribution in [2.24, 2.45) is 5.92 Å². The van der Waals surface area contributed by atoms with E-state index >= 15 is 0 Å². The van der Waals surface area contributed by atoms with Gasteiger partial charge in [0.2, 0.25) is 10.0 Å². The number of aryl methyl sites for hydroxylation is 2. The van der Waals surface area contributed by atoms with Crippen LogP contribution in [0, 0.1) is 29.9 Å². The van der Waals surface area contributed by atoms with Gasteiger partial charge in [-0.2, -0.15) is 9.29 Å². The molecule has 0 fully saturated rings. The Labute approximate surface area is 267 Å². The molecule has 4 rings (SSSR count). The van der Waals surface area contributed by atoms with E-state index < -0.39 is 39.6 Å². The smallest absolute Gasteiger partial charge is 0.295 e. The molecule has 13 nitrogen and oxygen atoms in total. The highest BCUT2D eigenvalue weighted by atomic mass is 32.2. The molecule has 0 bridgehead atoms. The molecular formula is C32H39N5O8S. The lowest BCUT2D eigenvalue weighted by Crippen LogP contribution is -2.52. The summed E-state index contributed by atoms with van der Waals surface area (Å²) in [5.74, 6) is -0.275. The fraction of sp³-hybridized carbons (Fsp3) is 0.375. The summed E-state index contributed by atoms with van der Waals surface area (Å²) in [7, 11) is -2.46. The Balaban J connectivity index is 1.55. The van der Waals surface area contributed by atoms with Crippen LogP contribution in [0.1, 0.15) is 30.5 Å². The summed E-state index contributed by atoms with van der Waals surface area (Å²) in [4.78, 5) is 28.1. The highest BCUT2D eigenvalue weighted by Crippen LogP contribution is 2.28. The van der Waals surface area contributed by atoms with E-state index in [-0.39, 0.29) is 42.0 Å². The van der Waals surface area contributed by atoms with Gasteiger partial charge in [-0.05, 0) is 55.0 Å². The third kappa shape index (κ3) is 8.38. The van der Waals surface area contributed by atoms with E-state index in [1.165, 1.54) is 28.6 Å². The molecule has 1 amide bonds. The number of anilines is 1. The number of nitrogens with zero attached hydrogens (tertiary/aromatic N) is 3. The second-order valence-electron chi connectivity index (χ2n) is 11.5. The number of nitro groups is 1. The van der Waals surface area contributed by atoms with Gasteiger partial charge in [-0.1, -0.05) is 44.2 Å². The van der Waals surface area contributed by atoms with Crippen LogP contribution in [0.3, 0.4) is 0 Å². The van der Waals surface area contributed by atoms with Crippen LogP contribution in [0.25, 0.3) is 11.1 Å². The fourth-order valence-corrected chi connectivity index (χ4v) is 6.77. The maximum Gasteiger partial charge on any atom is 0.295 e. The third-order valence-corrected chi connectivity index (χ3v) is 9.11. The number of non-ortho nitro benzene ring substituents is 1. The lowest BCUT2D eigenvalue weighted by Gasteiger charge is -2.30. The van der Waals surface area contributed by atoms with Gasteiger partial charge < -0.3 is 24.9 Å². The summed E-state index contributed by atoms with van der Waals surface area (Å²) in [6, 6.07) is 15.7. The van der Waals surface area contributed by atoms with E-state index in [9.17, 15) is 28.4 Å². The molecule has 14 heteroatoms. The summed E-state index contributed by atoms with van der Waals surface area (Å²) in [6.45, 7) is 6.45. The number of nitro benzene ring substituents is 1. The van der Waals surface area contributed by atoms with Crippen LogP contribution >= 0.6 is 0 Å². The third-order valence-electron chi connectivity index (χ3n) is 7.28. The molecule has 0 saturated heterocycles. The van der Waals surface area contributed by atoms with Crippen molar-refractivity contribution in [2.75, 3.05) is 32.1 Å². The predicted molar refractivity (Wildman–Crippen MR) is 173 cm³/mol. The van der Waals surface area contributed by atoms with Gasteiger partial charge in [-0.3, -0.25) is 14.9 Å². The first-order valence-corrected chi connectivity index (χ1v) is 16.2. The summed E-state index contributed by atoms with van der Waals surface area (Å²) in [5, 5.41) is 28.3.